The fourth-order valence-electron chi connectivity index (χ4n) is 8.04. The minimum absolute atomic E-state index is 0.566. The summed E-state index contributed by atoms with van der Waals surface area (Å²) < 4.78 is 0. The van der Waals surface area contributed by atoms with Crippen molar-refractivity contribution in [2.24, 2.45) is 5.92 Å². The average Bonchev–Trinajstić information content (AvgIpc) is 3.01. The summed E-state index contributed by atoms with van der Waals surface area (Å²) in [5, 5.41) is 11.0. The second-order valence-electron chi connectivity index (χ2n) is 13.5. The lowest BCUT2D eigenvalue weighted by atomic mass is 9.71. The van der Waals surface area contributed by atoms with E-state index in [2.05, 4.69) is 65.9 Å². The fraction of sp³-hybridized carbons (Fsp3) is 0.474. The van der Waals surface area contributed by atoms with E-state index in [4.69, 9.17) is 21.6 Å². The van der Waals surface area contributed by atoms with Gasteiger partial charge in [0.25, 0.3) is 0 Å². The molecular weight excluding hydrogens is 562 g/mol. The molecule has 0 spiro atoms. The lowest BCUT2D eigenvalue weighted by Gasteiger charge is -2.36. The number of nitrogens with one attached hydrogen (secondary N) is 2. The van der Waals surface area contributed by atoms with E-state index in [9.17, 15) is 0 Å². The van der Waals surface area contributed by atoms with Crippen molar-refractivity contribution in [3.63, 3.8) is 0 Å². The highest BCUT2D eigenvalue weighted by molar-refractivity contribution is 6.31. The predicted octanol–water partition coefficient (Wildman–Crippen LogP) is 8.94. The molecule has 2 aromatic heterocycles. The summed E-state index contributed by atoms with van der Waals surface area (Å²) >= 11 is 6.39. The molecule has 2 N–H and O–H groups in total. The molecule has 44 heavy (non-hydrogen) atoms. The van der Waals surface area contributed by atoms with Gasteiger partial charge in [0.15, 0.2) is 0 Å². The zero-order valence-electron chi connectivity index (χ0n) is 26.4. The van der Waals surface area contributed by atoms with Crippen LogP contribution in [0.2, 0.25) is 5.02 Å². The number of hydrogen-bond donors (Lipinski definition) is 2. The smallest absolute Gasteiger partial charge is 0.0741 e. The zero-order valence-corrected chi connectivity index (χ0v) is 27.1. The van der Waals surface area contributed by atoms with E-state index >= 15 is 0 Å². The van der Waals surface area contributed by atoms with Crippen LogP contribution in [0.5, 0.6) is 0 Å². The summed E-state index contributed by atoms with van der Waals surface area (Å²) in [4.78, 5) is 12.6. The number of aromatic nitrogens is 2. The van der Waals surface area contributed by atoms with E-state index in [0.717, 1.165) is 74.3 Å². The molecule has 2 atom stereocenters. The number of para-hydroxylation sites is 1. The number of nitrogens with zero attached hydrogens (tertiary/aromatic N) is 3. The van der Waals surface area contributed by atoms with Crippen LogP contribution in [0, 0.1) is 5.92 Å². The lowest BCUT2D eigenvalue weighted by molar-refractivity contribution is 0.326. The van der Waals surface area contributed by atoms with Crippen molar-refractivity contribution >= 4 is 44.8 Å². The largest absolute Gasteiger partial charge is 0.384 e. The van der Waals surface area contributed by atoms with Crippen LogP contribution < -0.4 is 10.6 Å². The molecule has 0 fully saturated rings. The Balaban J connectivity index is 0.923. The van der Waals surface area contributed by atoms with Gasteiger partial charge < -0.3 is 15.5 Å². The summed E-state index contributed by atoms with van der Waals surface area (Å²) in [7, 11) is 2.27. The highest BCUT2D eigenvalue weighted by Gasteiger charge is 2.33. The van der Waals surface area contributed by atoms with E-state index in [0.29, 0.717) is 11.8 Å². The molecule has 3 aliphatic carbocycles. The van der Waals surface area contributed by atoms with Gasteiger partial charge in [0, 0.05) is 57.2 Å². The Hall–Kier alpha value is -3.15. The van der Waals surface area contributed by atoms with Crippen molar-refractivity contribution in [2.75, 3.05) is 43.9 Å². The normalized spacial score (nSPS) is 19.1. The Bertz CT molecular complexity index is 1690. The van der Waals surface area contributed by atoms with Gasteiger partial charge in [0.1, 0.15) is 0 Å². The van der Waals surface area contributed by atoms with Crippen LogP contribution in [0.25, 0.3) is 21.8 Å². The SMILES string of the molecule is CC1=C[C@@H]2Cc3nc4cc(Cl)ccc4c(NCCCN(C)CCCCNc4c5c(nc6ccccc46)CCCC5)c3[C@H](C1)C2. The Kier molecular flexibility index (Phi) is 8.78. The molecule has 4 aromatic rings. The molecule has 230 valence electrons. The molecule has 2 heterocycles. The number of allylic oxidation sites excluding steroid dienone is 2. The summed E-state index contributed by atoms with van der Waals surface area (Å²) in [6, 6.07) is 14.8. The number of unbranched alkanes of at least 4 members (excludes halogenated alkanes) is 1. The van der Waals surface area contributed by atoms with Gasteiger partial charge in [0.05, 0.1) is 11.0 Å². The molecule has 0 unspecified atom stereocenters. The standard InChI is InChI=1S/C38H46ClN5/c1-25-20-26-22-27(21-25)36-35(23-26)43-34-24-28(39)14-15-31(34)38(36)41-17-9-19-44(2)18-8-7-16-40-37-29-10-3-5-12-32(29)42-33-13-6-4-11-30(33)37/h3,5,10,12,14-15,20,24,26-27H,4,6-9,11,13,16-19,21-23H2,1-2H3,(H,40,42)(H,41,43)/t26-,27+/m0/s1. The molecule has 0 radical (unpaired) electrons. The maximum Gasteiger partial charge on any atom is 0.0741 e. The number of aryl methyl sites for hydroxylation is 1. The quantitative estimate of drug-likeness (QED) is 0.132. The van der Waals surface area contributed by atoms with Gasteiger partial charge in [-0.15, -0.1) is 0 Å². The number of hydrogen-bond acceptors (Lipinski definition) is 5. The van der Waals surface area contributed by atoms with Crippen LogP contribution in [0.1, 0.15) is 80.3 Å². The first-order chi connectivity index (χ1) is 21.5. The Morgan fingerprint density at radius 2 is 1.61 bits per heavy atom. The maximum absolute atomic E-state index is 6.39. The second kappa shape index (κ2) is 13.1. The molecule has 3 aliphatic rings. The molecule has 0 aliphatic heterocycles. The van der Waals surface area contributed by atoms with Gasteiger partial charge in [-0.3, -0.25) is 9.97 Å². The molecule has 5 nitrogen and oxygen atoms in total. The van der Waals surface area contributed by atoms with Gasteiger partial charge in [-0.1, -0.05) is 41.4 Å². The van der Waals surface area contributed by atoms with E-state index in [1.165, 1.54) is 82.3 Å². The molecule has 2 bridgehead atoms. The number of anilines is 2. The van der Waals surface area contributed by atoms with Crippen LogP contribution in [-0.2, 0) is 19.3 Å². The number of rotatable bonds is 11. The molecule has 7 rings (SSSR count). The lowest BCUT2D eigenvalue weighted by Crippen LogP contribution is -2.26. The van der Waals surface area contributed by atoms with Crippen LogP contribution in [0.4, 0.5) is 11.4 Å². The number of benzene rings is 2. The zero-order chi connectivity index (χ0) is 30.0. The molecular formula is C38H46ClN5. The van der Waals surface area contributed by atoms with Gasteiger partial charge in [-0.05, 0) is 133 Å². The number of pyridine rings is 2. The van der Waals surface area contributed by atoms with E-state index in [1.807, 2.05) is 12.1 Å². The van der Waals surface area contributed by atoms with Gasteiger partial charge in [-0.2, -0.15) is 0 Å². The van der Waals surface area contributed by atoms with E-state index in [-0.39, 0.29) is 0 Å². The third-order valence-corrected chi connectivity index (χ3v) is 10.3. The van der Waals surface area contributed by atoms with Crippen LogP contribution in [0.15, 0.2) is 54.1 Å². The van der Waals surface area contributed by atoms with Crippen molar-refractivity contribution in [3.05, 3.63) is 81.7 Å². The summed E-state index contributed by atoms with van der Waals surface area (Å²) in [6.07, 6.45) is 14.2. The van der Waals surface area contributed by atoms with Gasteiger partial charge in [0.2, 0.25) is 0 Å². The highest BCUT2D eigenvalue weighted by atomic mass is 35.5. The first kappa shape index (κ1) is 29.6. The van der Waals surface area contributed by atoms with E-state index in [1.54, 1.807) is 0 Å². The minimum atomic E-state index is 0.566. The van der Waals surface area contributed by atoms with Crippen molar-refractivity contribution in [1.29, 1.82) is 0 Å². The molecule has 0 saturated heterocycles. The first-order valence-corrected chi connectivity index (χ1v) is 17.3. The Morgan fingerprint density at radius 1 is 0.841 bits per heavy atom. The molecule has 0 amide bonds. The predicted molar refractivity (Wildman–Crippen MR) is 186 cm³/mol. The van der Waals surface area contributed by atoms with Gasteiger partial charge in [-0.25, -0.2) is 0 Å². The minimum Gasteiger partial charge on any atom is -0.384 e. The topological polar surface area (TPSA) is 53.1 Å². The van der Waals surface area contributed by atoms with Crippen molar-refractivity contribution in [3.8, 4) is 0 Å². The Morgan fingerprint density at radius 3 is 2.55 bits per heavy atom. The third kappa shape index (κ3) is 6.19. The Labute approximate surface area is 267 Å². The second-order valence-corrected chi connectivity index (χ2v) is 13.9. The van der Waals surface area contributed by atoms with Crippen molar-refractivity contribution in [1.82, 2.24) is 14.9 Å². The molecule has 6 heteroatoms. The van der Waals surface area contributed by atoms with Crippen LogP contribution in [0.3, 0.4) is 0 Å². The number of fused-ring (bicyclic) bond motifs is 7. The van der Waals surface area contributed by atoms with E-state index < -0.39 is 0 Å². The maximum atomic E-state index is 6.39. The average molecular weight is 608 g/mol. The monoisotopic (exact) mass is 607 g/mol. The highest BCUT2D eigenvalue weighted by Crippen LogP contribution is 2.47. The molecule has 2 aromatic carbocycles. The fourth-order valence-corrected chi connectivity index (χ4v) is 8.21. The third-order valence-electron chi connectivity index (χ3n) is 10.1. The van der Waals surface area contributed by atoms with Crippen LogP contribution >= 0.6 is 11.6 Å². The molecule has 0 saturated carbocycles. The van der Waals surface area contributed by atoms with Crippen molar-refractivity contribution < 1.29 is 0 Å². The van der Waals surface area contributed by atoms with Crippen LogP contribution in [-0.4, -0.2) is 48.1 Å². The van der Waals surface area contributed by atoms with Gasteiger partial charge >= 0.3 is 0 Å². The summed E-state index contributed by atoms with van der Waals surface area (Å²) in [6.45, 7) is 6.49. The first-order valence-electron chi connectivity index (χ1n) is 16.9. The number of halogens is 1. The van der Waals surface area contributed by atoms with Crippen molar-refractivity contribution in [2.45, 2.75) is 77.0 Å². The summed E-state index contributed by atoms with van der Waals surface area (Å²) in [5.41, 5.74) is 11.8. The summed E-state index contributed by atoms with van der Waals surface area (Å²) in [5.74, 6) is 1.19.